The molecule has 0 unspecified atom stereocenters. The van der Waals surface area contributed by atoms with E-state index in [0.717, 1.165) is 110 Å². The maximum atomic E-state index is 8.76. The fraction of sp³-hybridized carbons (Fsp3) is 0. The summed E-state index contributed by atoms with van der Waals surface area (Å²) < 4.78 is 62.2. The van der Waals surface area contributed by atoms with E-state index in [-0.39, 0.29) is 29.7 Å². The van der Waals surface area contributed by atoms with Gasteiger partial charge in [-0.1, -0.05) is 376 Å². The highest BCUT2D eigenvalue weighted by Crippen LogP contribution is 2.52. The molecule has 534 valence electrons. The Morgan fingerprint density at radius 3 is 0.957 bits per heavy atom. The summed E-state index contributed by atoms with van der Waals surface area (Å²) in [7, 11) is 0. The standard InChI is InChI=1S/C40H24O.2C36H22O/c1-2-12-27-24-28(21-20-25(27)10-1)37-30-14-5-7-16-32(30)38(33-17-8-6-15-31(33)37)34-18-9-19-35-39-29-13-4-3-11-26(29)22-23-36(39)41-40(34)35;1-2-12-24(13-3-1)33-26-15-6-8-17-28(26)34(29-18-9-7-16-27(29)33)30-19-10-20-31-35-25-14-5-4-11-23(25)21-22-32(35)37-36(30)31;1-2-11-24(12-3-1)34-28-14-6-8-16-30(28)35(31-17-9-7-15-29(31)34)25-19-20-27-32-21-18-23-10-4-5-13-26(23)36(32)37-33(27)22-25/h1-24H;2*1-22H/i;;1D,2D,3D,11D,12D. The van der Waals surface area contributed by atoms with Crippen molar-refractivity contribution >= 4 is 174 Å². The Morgan fingerprint density at radius 2 is 0.487 bits per heavy atom. The van der Waals surface area contributed by atoms with E-state index in [1.165, 1.54) is 120 Å². The lowest BCUT2D eigenvalue weighted by Gasteiger charge is -2.18. The van der Waals surface area contributed by atoms with E-state index < -0.39 is 6.04 Å². The minimum absolute atomic E-state index is 0.208. The molecule has 0 fully saturated rings. The van der Waals surface area contributed by atoms with E-state index in [9.17, 15) is 0 Å². The minimum Gasteiger partial charge on any atom is -0.455 e. The SMILES string of the molecule is [2H]c1c([2H])c([2H])c(-c2c3ccccc3c(-c3ccc4c(c3)oc3c5ccccc5ccc43)c3ccccc23)c([2H])c1[2H].c1ccc(-c2c3ccccc3c(-c3cccc4c3oc3ccc5ccccc5c34)c3ccccc23)cc1.c1ccc2cc(-c3c4ccccc4c(-c4cccc5c4oc4ccc6ccccc6c45)c4ccccc34)ccc2c1. The molecule has 0 atom stereocenters. The highest BCUT2D eigenvalue weighted by molar-refractivity contribution is 6.30. The van der Waals surface area contributed by atoms with Gasteiger partial charge in [0.05, 0.1) is 6.85 Å². The minimum atomic E-state index is -0.397. The maximum Gasteiger partial charge on any atom is 0.143 e. The third kappa shape index (κ3) is 10.6. The molecule has 3 aromatic heterocycles. The fourth-order valence-electron chi connectivity index (χ4n) is 18.7. The number of fused-ring (bicyclic) bond motifs is 22. The fourth-order valence-corrected chi connectivity index (χ4v) is 18.7. The van der Waals surface area contributed by atoms with E-state index in [4.69, 9.17) is 20.1 Å². The second-order valence-electron chi connectivity index (χ2n) is 29.8. The number of para-hydroxylation sites is 2. The highest BCUT2D eigenvalue weighted by atomic mass is 16.3. The third-order valence-corrected chi connectivity index (χ3v) is 23.6. The molecule has 0 aliphatic rings. The Kier molecular flexibility index (Phi) is 14.1. The summed E-state index contributed by atoms with van der Waals surface area (Å²) >= 11 is 0. The smallest absolute Gasteiger partial charge is 0.143 e. The molecule has 0 aliphatic heterocycles. The predicted octanol–water partition coefficient (Wildman–Crippen LogP) is 32.3. The van der Waals surface area contributed by atoms with Crippen molar-refractivity contribution in [2.45, 2.75) is 0 Å². The van der Waals surface area contributed by atoms with Crippen molar-refractivity contribution in [3.05, 3.63) is 412 Å². The topological polar surface area (TPSA) is 39.4 Å². The first kappa shape index (κ1) is 60.6. The number of benzene rings is 22. The lowest BCUT2D eigenvalue weighted by Crippen LogP contribution is -1.91. The number of hydrogen-bond acceptors (Lipinski definition) is 3. The van der Waals surface area contributed by atoms with Crippen molar-refractivity contribution in [2.75, 3.05) is 0 Å². The lowest BCUT2D eigenvalue weighted by atomic mass is 9.85. The van der Waals surface area contributed by atoms with Gasteiger partial charge >= 0.3 is 0 Å². The van der Waals surface area contributed by atoms with E-state index in [1.807, 2.05) is 60.7 Å². The van der Waals surface area contributed by atoms with E-state index in [1.54, 1.807) is 0 Å². The van der Waals surface area contributed by atoms with E-state index in [0.29, 0.717) is 5.56 Å². The molecule has 0 bridgehead atoms. The average molecular weight is 1470 g/mol. The molecule has 0 N–H and O–H groups in total. The first-order chi connectivity index (χ1) is 59.2. The van der Waals surface area contributed by atoms with Crippen LogP contribution in [-0.2, 0) is 0 Å². The predicted molar refractivity (Wildman–Crippen MR) is 489 cm³/mol. The number of furan rings is 3. The zero-order valence-electron chi connectivity index (χ0n) is 67.1. The van der Waals surface area contributed by atoms with Gasteiger partial charge in [0.15, 0.2) is 0 Å². The Hall–Kier alpha value is -15.2. The van der Waals surface area contributed by atoms with Crippen LogP contribution in [0.25, 0.3) is 240 Å². The van der Waals surface area contributed by atoms with Gasteiger partial charge in [-0.2, -0.15) is 0 Å². The summed E-state index contributed by atoms with van der Waals surface area (Å²) in [6, 6.07) is 133. The highest BCUT2D eigenvalue weighted by Gasteiger charge is 2.25. The Labute approximate surface area is 668 Å². The van der Waals surface area contributed by atoms with Crippen LogP contribution in [-0.4, -0.2) is 0 Å². The molecule has 25 rings (SSSR count). The number of hydrogen-bond donors (Lipinski definition) is 0. The van der Waals surface area contributed by atoms with Crippen molar-refractivity contribution < 1.29 is 20.1 Å². The molecule has 115 heavy (non-hydrogen) atoms. The van der Waals surface area contributed by atoms with Gasteiger partial charge in [-0.05, 0) is 183 Å². The average Bonchev–Trinajstić information content (AvgIpc) is 1.30. The van der Waals surface area contributed by atoms with Crippen LogP contribution in [0.3, 0.4) is 0 Å². The van der Waals surface area contributed by atoms with Gasteiger partial charge < -0.3 is 13.3 Å². The summed E-state index contributed by atoms with van der Waals surface area (Å²) in [5, 5.41) is 29.8. The summed E-state index contributed by atoms with van der Waals surface area (Å²) in [4.78, 5) is 0. The van der Waals surface area contributed by atoms with Gasteiger partial charge in [0, 0.05) is 60.0 Å². The zero-order chi connectivity index (χ0) is 80.0. The Morgan fingerprint density at radius 1 is 0.165 bits per heavy atom. The van der Waals surface area contributed by atoms with Crippen LogP contribution in [0, 0.1) is 0 Å². The summed E-state index contributed by atoms with van der Waals surface area (Å²) in [5.74, 6) is 0. The van der Waals surface area contributed by atoms with Crippen LogP contribution in [0.4, 0.5) is 0 Å². The Bertz CT molecular complexity index is 8430. The van der Waals surface area contributed by atoms with Crippen molar-refractivity contribution in [2.24, 2.45) is 0 Å². The van der Waals surface area contributed by atoms with Crippen LogP contribution in [0.2, 0.25) is 0 Å². The van der Waals surface area contributed by atoms with Crippen LogP contribution in [0.5, 0.6) is 0 Å². The first-order valence-electron chi connectivity index (χ1n) is 41.6. The summed E-state index contributed by atoms with van der Waals surface area (Å²) in [5.41, 5.74) is 17.9. The van der Waals surface area contributed by atoms with Gasteiger partial charge in [0.25, 0.3) is 0 Å². The molecule has 0 aliphatic carbocycles. The monoisotopic (exact) mass is 1470 g/mol. The van der Waals surface area contributed by atoms with E-state index in [2.05, 4.69) is 322 Å². The third-order valence-electron chi connectivity index (χ3n) is 23.6. The maximum absolute atomic E-state index is 8.76. The van der Waals surface area contributed by atoms with E-state index >= 15 is 0 Å². The second-order valence-corrected chi connectivity index (χ2v) is 29.8. The van der Waals surface area contributed by atoms with Gasteiger partial charge in [-0.3, -0.25) is 0 Å². The molecule has 3 heteroatoms. The summed E-state index contributed by atoms with van der Waals surface area (Å²) in [6.07, 6.45) is 0. The van der Waals surface area contributed by atoms with Gasteiger partial charge in [-0.15, -0.1) is 0 Å². The van der Waals surface area contributed by atoms with Crippen molar-refractivity contribution in [3.8, 4) is 66.8 Å². The second kappa shape index (κ2) is 26.8. The molecule has 0 amide bonds. The van der Waals surface area contributed by atoms with Gasteiger partial charge in [-0.25, -0.2) is 0 Å². The molecule has 3 nitrogen and oxygen atoms in total. The molecule has 0 radical (unpaired) electrons. The van der Waals surface area contributed by atoms with Gasteiger partial charge in [0.1, 0.15) is 33.5 Å². The molecule has 25 aromatic rings. The number of rotatable bonds is 6. The normalized spacial score (nSPS) is 12.4. The van der Waals surface area contributed by atoms with Gasteiger partial charge in [0.2, 0.25) is 0 Å². The molecule has 22 aromatic carbocycles. The van der Waals surface area contributed by atoms with Crippen molar-refractivity contribution in [1.29, 1.82) is 0 Å². The molecule has 0 saturated carbocycles. The molecule has 3 heterocycles. The summed E-state index contributed by atoms with van der Waals surface area (Å²) in [6.45, 7) is 0. The lowest BCUT2D eigenvalue weighted by molar-refractivity contribution is 0.670. The Balaban J connectivity index is 0.000000105. The van der Waals surface area contributed by atoms with Crippen molar-refractivity contribution in [3.63, 3.8) is 0 Å². The molecule has 0 spiro atoms. The van der Waals surface area contributed by atoms with Crippen LogP contribution < -0.4 is 0 Å². The largest absolute Gasteiger partial charge is 0.455 e. The zero-order valence-corrected chi connectivity index (χ0v) is 62.1. The van der Waals surface area contributed by atoms with Crippen LogP contribution >= 0.6 is 0 Å². The quantitative estimate of drug-likeness (QED) is 0.156. The molecular weight excluding hydrogens is 1390 g/mol. The molecular formula is C112H68O3. The first-order valence-corrected chi connectivity index (χ1v) is 39.1. The van der Waals surface area contributed by atoms with Crippen LogP contribution in [0.15, 0.2) is 426 Å². The molecule has 0 saturated heterocycles. The van der Waals surface area contributed by atoms with Crippen molar-refractivity contribution in [1.82, 2.24) is 0 Å². The van der Waals surface area contributed by atoms with Crippen LogP contribution in [0.1, 0.15) is 6.85 Å².